The van der Waals surface area contributed by atoms with Crippen LogP contribution in [0.4, 0.5) is 10.5 Å². The van der Waals surface area contributed by atoms with Crippen molar-refractivity contribution in [2.45, 2.75) is 102 Å². The highest BCUT2D eigenvalue weighted by atomic mass is 28.4. The molecule has 0 saturated carbocycles. The van der Waals surface area contributed by atoms with E-state index in [1.54, 1.807) is 13.0 Å². The smallest absolute Gasteiger partial charge is 0.410 e. The molecule has 14 nitrogen and oxygen atoms in total. The molecule has 0 unspecified atom stereocenters. The van der Waals surface area contributed by atoms with Crippen molar-refractivity contribution in [2.24, 2.45) is 11.8 Å². The Labute approximate surface area is 375 Å². The fourth-order valence-corrected chi connectivity index (χ4v) is 11.2. The molecule has 0 bridgehead atoms. The van der Waals surface area contributed by atoms with E-state index in [9.17, 15) is 14.7 Å². The maximum atomic E-state index is 15.6. The van der Waals surface area contributed by atoms with E-state index < -0.39 is 72.2 Å². The molecule has 64 heavy (non-hydrogen) atoms. The quantitative estimate of drug-likeness (QED) is 0.138. The number of ketones is 2. The van der Waals surface area contributed by atoms with E-state index in [0.29, 0.717) is 54.1 Å². The fourth-order valence-electron chi connectivity index (χ4n) is 9.77. The van der Waals surface area contributed by atoms with Gasteiger partial charge in [0.15, 0.2) is 25.5 Å². The van der Waals surface area contributed by atoms with Crippen molar-refractivity contribution in [3.8, 4) is 11.6 Å². The summed E-state index contributed by atoms with van der Waals surface area (Å²) in [6.07, 6.45) is 1.05. The van der Waals surface area contributed by atoms with Gasteiger partial charge in [-0.25, -0.2) is 4.79 Å². The number of benzene rings is 3. The molecule has 15 heteroatoms. The summed E-state index contributed by atoms with van der Waals surface area (Å²) in [6.45, 7) is 12.5. The Morgan fingerprint density at radius 2 is 1.67 bits per heavy atom. The minimum absolute atomic E-state index is 0.0150. The highest BCUT2D eigenvalue weighted by Crippen LogP contribution is 2.60. The lowest BCUT2D eigenvalue weighted by atomic mass is 9.58. The number of amides is 2. The van der Waals surface area contributed by atoms with Gasteiger partial charge in [-0.1, -0.05) is 81.4 Å². The number of aliphatic hydroxyl groups is 1. The Kier molecular flexibility index (Phi) is 11.9. The third-order valence-corrected chi connectivity index (χ3v) is 18.5. The number of aromatic nitrogens is 1. The Balaban J connectivity index is 1.19. The normalized spacial score (nSPS) is 23.0. The molecule has 2 N–H and O–H groups in total. The van der Waals surface area contributed by atoms with Crippen LogP contribution in [-0.4, -0.2) is 91.3 Å². The zero-order valence-corrected chi connectivity index (χ0v) is 39.1. The first-order valence-electron chi connectivity index (χ1n) is 21.9. The Bertz CT molecular complexity index is 2510. The number of fused-ring (bicyclic) bond motifs is 4. The zero-order valence-electron chi connectivity index (χ0n) is 38.1. The van der Waals surface area contributed by atoms with Gasteiger partial charge in [0.1, 0.15) is 36.3 Å². The van der Waals surface area contributed by atoms with Crippen LogP contribution in [0.1, 0.15) is 94.8 Å². The predicted octanol–water partition coefficient (Wildman–Crippen LogP) is 8.76. The van der Waals surface area contributed by atoms with Crippen LogP contribution in [0, 0.1) is 18.8 Å². The monoisotopic (exact) mass is 890 g/mol. The van der Waals surface area contributed by atoms with Crippen LogP contribution < -0.4 is 14.8 Å². The molecule has 3 aromatic carbocycles. The number of ether oxygens (including phenoxy) is 3. The lowest BCUT2D eigenvalue weighted by Gasteiger charge is -2.55. The van der Waals surface area contributed by atoms with Crippen LogP contribution in [0.5, 0.6) is 11.6 Å². The lowest BCUT2D eigenvalue weighted by molar-refractivity contribution is -0.120. The second-order valence-corrected chi connectivity index (χ2v) is 23.9. The SMILES string of the molecule is COc1cc(NC(=O)[C@H]2CCCN2C(=O)OCc2ccccc2)c(C)c2c1C[C@H]1C[C@H]3[C@H](N(C)C)c4onc(OCc5ccccc5)c4C(=O)[C@@]3(O[Si](C)(C)C(C)(C)C)C(O)=C1C2=O. The van der Waals surface area contributed by atoms with Crippen molar-refractivity contribution >= 4 is 37.6 Å². The van der Waals surface area contributed by atoms with Gasteiger partial charge in [0.05, 0.1) is 13.2 Å². The van der Waals surface area contributed by atoms with Crippen molar-refractivity contribution < 1.29 is 47.4 Å². The third-order valence-electron chi connectivity index (χ3n) is 14.0. The standard InChI is InChI=1S/C49H58N4O10Si/c1-28-34(50-45(57)35-21-16-22-53(35)47(58)61-27-30-19-14-11-15-20-30)25-36(59-7)32-23-31-24-33-40(52(5)6)42-39(46(51-62-42)60-26-29-17-12-10-13-18-29)44(56)49(33,63-64(8,9)48(2,3)4)43(55)38(31)41(54)37(28)32/h10-15,17-20,25,31,33,35,40,55H,16,21-24,26-27H2,1-9H3,(H,50,57)/t31-,33-,35+,40-,49-/m0/s1. The molecule has 2 amide bonds. The molecule has 2 heterocycles. The highest BCUT2D eigenvalue weighted by molar-refractivity contribution is 6.74. The number of allylic oxidation sites excluding steroid dienone is 1. The molecule has 1 aliphatic heterocycles. The summed E-state index contributed by atoms with van der Waals surface area (Å²) in [6, 6.07) is 19.1. The minimum Gasteiger partial charge on any atom is -0.508 e. The van der Waals surface area contributed by atoms with Crippen molar-refractivity contribution in [1.29, 1.82) is 0 Å². The molecule has 4 aromatic rings. The number of likely N-dealkylation sites (tertiary alicyclic amines) is 1. The summed E-state index contributed by atoms with van der Waals surface area (Å²) in [4.78, 5) is 61.6. The van der Waals surface area contributed by atoms with E-state index in [0.717, 1.165) is 11.1 Å². The fraction of sp³-hybridized carbons (Fsp3) is 0.449. The second kappa shape index (κ2) is 17.0. The minimum atomic E-state index is -2.94. The van der Waals surface area contributed by atoms with E-state index in [2.05, 4.69) is 31.2 Å². The first kappa shape index (κ1) is 44.8. The summed E-state index contributed by atoms with van der Waals surface area (Å²) in [5.41, 5.74) is 1.56. The average Bonchev–Trinajstić information content (AvgIpc) is 3.92. The van der Waals surface area contributed by atoms with Crippen molar-refractivity contribution in [1.82, 2.24) is 15.0 Å². The number of carbonyl (C=O) groups is 4. The van der Waals surface area contributed by atoms with Gasteiger partial charge in [-0.15, -0.1) is 0 Å². The first-order valence-corrected chi connectivity index (χ1v) is 24.8. The van der Waals surface area contributed by atoms with E-state index in [1.807, 2.05) is 92.8 Å². The number of methoxy groups -OCH3 is 1. The molecule has 4 aliphatic rings. The molecule has 338 valence electrons. The maximum absolute atomic E-state index is 15.6. The van der Waals surface area contributed by atoms with Gasteiger partial charge in [-0.2, -0.15) is 0 Å². The summed E-state index contributed by atoms with van der Waals surface area (Å²) in [5, 5.41) is 19.9. The maximum Gasteiger partial charge on any atom is 0.410 e. The van der Waals surface area contributed by atoms with Gasteiger partial charge in [-0.3, -0.25) is 24.2 Å². The molecule has 5 atom stereocenters. The van der Waals surface area contributed by atoms with E-state index in [4.69, 9.17) is 23.2 Å². The number of hydrogen-bond acceptors (Lipinski definition) is 12. The van der Waals surface area contributed by atoms with Crippen LogP contribution in [0.3, 0.4) is 0 Å². The van der Waals surface area contributed by atoms with Gasteiger partial charge < -0.3 is 33.6 Å². The van der Waals surface area contributed by atoms with Crippen molar-refractivity contribution in [3.05, 3.63) is 117 Å². The third kappa shape index (κ3) is 7.60. The molecule has 1 aromatic heterocycles. The van der Waals surface area contributed by atoms with Gasteiger partial charge in [-0.05, 0) is 92.6 Å². The largest absolute Gasteiger partial charge is 0.508 e. The average molecular weight is 891 g/mol. The summed E-state index contributed by atoms with van der Waals surface area (Å²) in [7, 11) is 2.33. The van der Waals surface area contributed by atoms with E-state index in [1.165, 1.54) is 12.0 Å². The number of nitrogens with one attached hydrogen (secondary N) is 1. The van der Waals surface area contributed by atoms with Crippen molar-refractivity contribution in [2.75, 3.05) is 33.1 Å². The number of Topliss-reactive ketones (excluding diaryl/α,β-unsaturated/α-hetero) is 2. The highest BCUT2D eigenvalue weighted by Gasteiger charge is 2.67. The zero-order chi connectivity index (χ0) is 45.9. The molecule has 0 spiro atoms. The van der Waals surface area contributed by atoms with Gasteiger partial charge >= 0.3 is 6.09 Å². The number of nitrogens with zero attached hydrogens (tertiary/aromatic N) is 3. The Morgan fingerprint density at radius 1 is 1.02 bits per heavy atom. The number of aliphatic hydroxyl groups excluding tert-OH is 1. The summed E-state index contributed by atoms with van der Waals surface area (Å²) < 4.78 is 31.0. The number of carbonyl (C=O) groups excluding carboxylic acids is 4. The second-order valence-electron chi connectivity index (χ2n) is 19.2. The van der Waals surface area contributed by atoms with Crippen LogP contribution in [0.15, 0.2) is 82.6 Å². The van der Waals surface area contributed by atoms with Crippen LogP contribution in [0.25, 0.3) is 0 Å². The molecule has 1 saturated heterocycles. The van der Waals surface area contributed by atoms with E-state index in [-0.39, 0.29) is 42.2 Å². The van der Waals surface area contributed by atoms with Gasteiger partial charge in [0.25, 0.3) is 5.88 Å². The summed E-state index contributed by atoms with van der Waals surface area (Å²) >= 11 is 0. The molecule has 3 aliphatic carbocycles. The lowest BCUT2D eigenvalue weighted by Crippen LogP contribution is -2.65. The summed E-state index contributed by atoms with van der Waals surface area (Å²) in [5.74, 6) is -2.44. The van der Waals surface area contributed by atoms with Crippen LogP contribution in [0.2, 0.25) is 18.1 Å². The van der Waals surface area contributed by atoms with E-state index >= 15 is 9.59 Å². The molecule has 0 radical (unpaired) electrons. The van der Waals surface area contributed by atoms with Crippen LogP contribution in [-0.2, 0) is 33.6 Å². The molecular formula is C49H58N4O10Si. The topological polar surface area (TPSA) is 170 Å². The molecular weight excluding hydrogens is 833 g/mol. The van der Waals surface area contributed by atoms with Crippen molar-refractivity contribution in [3.63, 3.8) is 0 Å². The number of hydrogen-bond donors (Lipinski definition) is 2. The van der Waals surface area contributed by atoms with Gasteiger partial charge in [0, 0.05) is 40.9 Å². The molecule has 8 rings (SSSR count). The predicted molar refractivity (Wildman–Crippen MR) is 241 cm³/mol. The van der Waals surface area contributed by atoms with Gasteiger partial charge in [0.2, 0.25) is 11.7 Å². The first-order chi connectivity index (χ1) is 30.4. The Morgan fingerprint density at radius 3 is 2.30 bits per heavy atom. The molecule has 1 fully saturated rings. The number of rotatable bonds is 11. The number of anilines is 1. The Hall–Kier alpha value is -5.77. The van der Waals surface area contributed by atoms with Crippen LogP contribution >= 0.6 is 0 Å².